The number of ether oxygens (including phenoxy) is 1. The molecule has 0 saturated carbocycles. The van der Waals surface area contributed by atoms with Crippen molar-refractivity contribution in [3.63, 3.8) is 0 Å². The zero-order valence-corrected chi connectivity index (χ0v) is 13.5. The minimum atomic E-state index is -0.518. The molecule has 1 unspecified atom stereocenters. The summed E-state index contributed by atoms with van der Waals surface area (Å²) in [4.78, 5) is 23.6. The molecule has 2 rings (SSSR count). The Kier molecular flexibility index (Phi) is 5.59. The molecule has 1 atom stereocenters. The molecule has 0 aromatic heterocycles. The molecule has 23 heavy (non-hydrogen) atoms. The standard InChI is InChI=1S/C16H16N2O4S/c1-11(23-13-7-5-6-12(10-13)22-2)16(19)17-14-8-3-4-9-15(14)18(20)21/h3-11H,1-2H3,(H,17,19). The summed E-state index contributed by atoms with van der Waals surface area (Å²) >= 11 is 1.35. The van der Waals surface area contributed by atoms with E-state index in [1.165, 1.54) is 23.9 Å². The number of carbonyl (C=O) groups excluding carboxylic acids is 1. The second-order valence-electron chi connectivity index (χ2n) is 4.70. The number of anilines is 1. The zero-order valence-electron chi connectivity index (χ0n) is 12.7. The number of carbonyl (C=O) groups is 1. The van der Waals surface area contributed by atoms with Gasteiger partial charge in [0.2, 0.25) is 5.91 Å². The molecule has 1 N–H and O–H groups in total. The number of nitro groups is 1. The van der Waals surface area contributed by atoms with Crippen LogP contribution in [-0.4, -0.2) is 23.2 Å². The van der Waals surface area contributed by atoms with E-state index in [4.69, 9.17) is 4.74 Å². The minimum Gasteiger partial charge on any atom is -0.497 e. The van der Waals surface area contributed by atoms with Crippen LogP contribution in [0, 0.1) is 10.1 Å². The summed E-state index contributed by atoms with van der Waals surface area (Å²) in [6.45, 7) is 1.74. The van der Waals surface area contributed by atoms with Crippen LogP contribution in [0.1, 0.15) is 6.92 Å². The highest BCUT2D eigenvalue weighted by Crippen LogP contribution is 2.29. The van der Waals surface area contributed by atoms with Crippen LogP contribution in [0.4, 0.5) is 11.4 Å². The summed E-state index contributed by atoms with van der Waals surface area (Å²) < 4.78 is 5.15. The Bertz CT molecular complexity index is 721. The Morgan fingerprint density at radius 2 is 2.00 bits per heavy atom. The van der Waals surface area contributed by atoms with Gasteiger partial charge >= 0.3 is 0 Å². The highest BCUT2D eigenvalue weighted by molar-refractivity contribution is 8.00. The topological polar surface area (TPSA) is 81.5 Å². The monoisotopic (exact) mass is 332 g/mol. The van der Waals surface area contributed by atoms with E-state index in [0.717, 1.165) is 4.90 Å². The summed E-state index contributed by atoms with van der Waals surface area (Å²) in [6.07, 6.45) is 0. The van der Waals surface area contributed by atoms with Gasteiger partial charge in [0.25, 0.3) is 5.69 Å². The molecule has 0 bridgehead atoms. The fourth-order valence-corrected chi connectivity index (χ4v) is 2.82. The van der Waals surface area contributed by atoms with Crippen LogP contribution in [0.15, 0.2) is 53.4 Å². The van der Waals surface area contributed by atoms with Gasteiger partial charge in [-0.05, 0) is 31.2 Å². The Hall–Kier alpha value is -2.54. The lowest BCUT2D eigenvalue weighted by atomic mass is 10.2. The average molecular weight is 332 g/mol. The molecule has 1 amide bonds. The highest BCUT2D eigenvalue weighted by Gasteiger charge is 2.19. The van der Waals surface area contributed by atoms with Gasteiger partial charge in [0.05, 0.1) is 17.3 Å². The van der Waals surface area contributed by atoms with Crippen molar-refractivity contribution in [2.45, 2.75) is 17.1 Å². The lowest BCUT2D eigenvalue weighted by Gasteiger charge is -2.12. The van der Waals surface area contributed by atoms with Gasteiger partial charge in [0, 0.05) is 11.0 Å². The molecule has 0 fully saturated rings. The van der Waals surface area contributed by atoms with Gasteiger partial charge < -0.3 is 10.1 Å². The summed E-state index contributed by atoms with van der Waals surface area (Å²) in [5.74, 6) is 0.411. The van der Waals surface area contributed by atoms with Crippen LogP contribution < -0.4 is 10.1 Å². The Morgan fingerprint density at radius 1 is 1.26 bits per heavy atom. The van der Waals surface area contributed by atoms with Gasteiger partial charge in [-0.25, -0.2) is 0 Å². The molecule has 6 nitrogen and oxygen atoms in total. The van der Waals surface area contributed by atoms with Crippen molar-refractivity contribution in [2.24, 2.45) is 0 Å². The number of benzene rings is 2. The van der Waals surface area contributed by atoms with E-state index in [-0.39, 0.29) is 17.3 Å². The van der Waals surface area contributed by atoms with Gasteiger partial charge in [0.15, 0.2) is 0 Å². The number of nitrogens with one attached hydrogen (secondary N) is 1. The summed E-state index contributed by atoms with van der Waals surface area (Å²) in [7, 11) is 1.58. The summed E-state index contributed by atoms with van der Waals surface area (Å²) in [5.41, 5.74) is 0.0695. The Morgan fingerprint density at radius 3 is 2.70 bits per heavy atom. The molecule has 0 radical (unpaired) electrons. The summed E-state index contributed by atoms with van der Waals surface area (Å²) in [6, 6.07) is 13.4. The fraction of sp³-hybridized carbons (Fsp3) is 0.188. The number of hydrogen-bond donors (Lipinski definition) is 1. The molecule has 0 aliphatic carbocycles. The van der Waals surface area contributed by atoms with E-state index in [1.54, 1.807) is 26.2 Å². The first-order valence-electron chi connectivity index (χ1n) is 6.86. The molecule has 2 aromatic carbocycles. The molecular formula is C16H16N2O4S. The van der Waals surface area contributed by atoms with Gasteiger partial charge in [-0.2, -0.15) is 0 Å². The maximum absolute atomic E-state index is 12.3. The largest absolute Gasteiger partial charge is 0.497 e. The van der Waals surface area contributed by atoms with Crippen molar-refractivity contribution in [2.75, 3.05) is 12.4 Å². The normalized spacial score (nSPS) is 11.6. The number of nitrogens with zero attached hydrogens (tertiary/aromatic N) is 1. The Balaban J connectivity index is 2.07. The quantitative estimate of drug-likeness (QED) is 0.495. The first-order valence-corrected chi connectivity index (χ1v) is 7.74. The van der Waals surface area contributed by atoms with E-state index in [9.17, 15) is 14.9 Å². The van der Waals surface area contributed by atoms with Crippen LogP contribution >= 0.6 is 11.8 Å². The maximum atomic E-state index is 12.3. The molecule has 0 heterocycles. The SMILES string of the molecule is COc1cccc(SC(C)C(=O)Nc2ccccc2[N+](=O)[O-])c1. The van der Waals surface area contributed by atoms with Crippen LogP contribution in [0.25, 0.3) is 0 Å². The first kappa shape index (κ1) is 16.8. The second-order valence-corrected chi connectivity index (χ2v) is 6.12. The van der Waals surface area contributed by atoms with E-state index in [1.807, 2.05) is 24.3 Å². The lowest BCUT2D eigenvalue weighted by molar-refractivity contribution is -0.383. The number of para-hydroxylation sites is 2. The Labute approximate surface area is 138 Å². The smallest absolute Gasteiger partial charge is 0.292 e. The number of amides is 1. The maximum Gasteiger partial charge on any atom is 0.292 e. The van der Waals surface area contributed by atoms with Gasteiger partial charge in [-0.1, -0.05) is 18.2 Å². The van der Waals surface area contributed by atoms with E-state index in [2.05, 4.69) is 5.32 Å². The zero-order chi connectivity index (χ0) is 16.8. The molecule has 0 aliphatic heterocycles. The number of nitro benzene ring substituents is 1. The molecule has 7 heteroatoms. The minimum absolute atomic E-state index is 0.126. The van der Waals surface area contributed by atoms with Crippen LogP contribution in [0.5, 0.6) is 5.75 Å². The summed E-state index contributed by atoms with van der Waals surface area (Å²) in [5, 5.41) is 13.2. The molecule has 0 aliphatic rings. The number of thioether (sulfide) groups is 1. The molecule has 120 valence electrons. The molecular weight excluding hydrogens is 316 g/mol. The highest BCUT2D eigenvalue weighted by atomic mass is 32.2. The van der Waals surface area contributed by atoms with E-state index < -0.39 is 10.2 Å². The predicted octanol–water partition coefficient (Wildman–Crippen LogP) is 3.72. The lowest BCUT2D eigenvalue weighted by Crippen LogP contribution is -2.22. The van der Waals surface area contributed by atoms with Gasteiger partial charge in [-0.15, -0.1) is 11.8 Å². The van der Waals surface area contributed by atoms with Crippen molar-refractivity contribution in [1.29, 1.82) is 0 Å². The third kappa shape index (κ3) is 4.46. The van der Waals surface area contributed by atoms with Crippen LogP contribution in [0.3, 0.4) is 0 Å². The van der Waals surface area contributed by atoms with Crippen molar-refractivity contribution >= 4 is 29.0 Å². The fourth-order valence-electron chi connectivity index (χ4n) is 1.91. The van der Waals surface area contributed by atoms with Crippen molar-refractivity contribution in [3.8, 4) is 5.75 Å². The first-order chi connectivity index (χ1) is 11.0. The molecule has 0 saturated heterocycles. The van der Waals surface area contributed by atoms with Crippen molar-refractivity contribution in [3.05, 3.63) is 58.6 Å². The van der Waals surface area contributed by atoms with E-state index in [0.29, 0.717) is 5.75 Å². The van der Waals surface area contributed by atoms with Crippen molar-refractivity contribution < 1.29 is 14.5 Å². The third-order valence-electron chi connectivity index (χ3n) is 3.08. The predicted molar refractivity (Wildman–Crippen MR) is 90.0 cm³/mol. The number of hydrogen-bond acceptors (Lipinski definition) is 5. The van der Waals surface area contributed by atoms with Crippen molar-refractivity contribution in [1.82, 2.24) is 0 Å². The van der Waals surface area contributed by atoms with Gasteiger partial charge in [-0.3, -0.25) is 14.9 Å². The van der Waals surface area contributed by atoms with Crippen LogP contribution in [-0.2, 0) is 4.79 Å². The number of rotatable bonds is 6. The number of methoxy groups -OCH3 is 1. The second kappa shape index (κ2) is 7.64. The third-order valence-corrected chi connectivity index (χ3v) is 4.18. The van der Waals surface area contributed by atoms with Gasteiger partial charge in [0.1, 0.15) is 11.4 Å². The average Bonchev–Trinajstić information content (AvgIpc) is 2.55. The van der Waals surface area contributed by atoms with Crippen LogP contribution in [0.2, 0.25) is 0 Å². The van der Waals surface area contributed by atoms with E-state index >= 15 is 0 Å². The molecule has 0 spiro atoms. The molecule has 2 aromatic rings.